The predicted molar refractivity (Wildman–Crippen MR) is 156 cm³/mol. The summed E-state index contributed by atoms with van der Waals surface area (Å²) < 4.78 is 6.27. The van der Waals surface area contributed by atoms with Crippen LogP contribution in [0.15, 0.2) is 79.0 Å². The second-order valence-electron chi connectivity index (χ2n) is 10.5. The van der Waals surface area contributed by atoms with Crippen molar-refractivity contribution in [2.24, 2.45) is 11.8 Å². The van der Waals surface area contributed by atoms with Gasteiger partial charge in [0.05, 0.1) is 5.69 Å². The number of benzene rings is 3. The Hall–Kier alpha value is -4.13. The number of aromatic nitrogens is 2. The Bertz CT molecular complexity index is 1440. The summed E-state index contributed by atoms with van der Waals surface area (Å²) in [5.74, 6) is 3.13. The second kappa shape index (κ2) is 11.3. The van der Waals surface area contributed by atoms with Crippen LogP contribution in [0, 0.1) is 11.8 Å². The van der Waals surface area contributed by atoms with Crippen LogP contribution >= 0.6 is 0 Å². The predicted octanol–water partition coefficient (Wildman–Crippen LogP) is 7.67. The molecule has 2 fully saturated rings. The molecule has 1 heterocycles. The number of amides is 2. The highest BCUT2D eigenvalue weighted by molar-refractivity contribution is 6.04. The Morgan fingerprint density at radius 1 is 0.949 bits per heavy atom. The van der Waals surface area contributed by atoms with Crippen molar-refractivity contribution in [1.82, 2.24) is 15.3 Å². The maximum absolute atomic E-state index is 12.9. The van der Waals surface area contributed by atoms with E-state index in [2.05, 4.69) is 22.5 Å². The number of anilines is 3. The Labute approximate surface area is 229 Å². The van der Waals surface area contributed by atoms with Crippen LogP contribution in [0.1, 0.15) is 45.4 Å². The third-order valence-corrected chi connectivity index (χ3v) is 8.00. The van der Waals surface area contributed by atoms with E-state index in [1.165, 1.54) is 32.1 Å². The van der Waals surface area contributed by atoms with Gasteiger partial charge in [-0.15, -0.1) is 0 Å². The molecule has 1 aromatic heterocycles. The molecule has 6 rings (SSSR count). The topological polar surface area (TPSA) is 79.4 Å². The molecule has 0 bridgehead atoms. The van der Waals surface area contributed by atoms with E-state index < -0.39 is 0 Å². The number of nitrogens with one attached hydrogen (secondary N) is 2. The van der Waals surface area contributed by atoms with Crippen molar-refractivity contribution in [3.05, 3.63) is 79.0 Å². The van der Waals surface area contributed by atoms with Crippen LogP contribution in [-0.2, 0) is 0 Å². The minimum absolute atomic E-state index is 0.141. The minimum atomic E-state index is -0.141. The van der Waals surface area contributed by atoms with Gasteiger partial charge in [-0.2, -0.15) is 4.98 Å². The maximum atomic E-state index is 12.9. The third kappa shape index (κ3) is 5.67. The summed E-state index contributed by atoms with van der Waals surface area (Å²) in [4.78, 5) is 24.1. The maximum Gasteiger partial charge on any atom is 0.319 e. The third-order valence-electron chi connectivity index (χ3n) is 8.00. The number of ether oxygens (including phenoxy) is 1. The molecule has 2 atom stereocenters. The first-order chi connectivity index (χ1) is 19.2. The number of fused-ring (bicyclic) bond motifs is 1. The average Bonchev–Trinajstić information content (AvgIpc) is 3.75. The summed E-state index contributed by atoms with van der Waals surface area (Å²) >= 11 is 0. The van der Waals surface area contributed by atoms with Gasteiger partial charge in [0, 0.05) is 41.3 Å². The van der Waals surface area contributed by atoms with Gasteiger partial charge in [0.25, 0.3) is 0 Å². The molecule has 200 valence electrons. The summed E-state index contributed by atoms with van der Waals surface area (Å²) in [5.41, 5.74) is 1.78. The molecule has 2 amide bonds. The quantitative estimate of drug-likeness (QED) is 0.249. The molecule has 0 saturated heterocycles. The van der Waals surface area contributed by atoms with Crippen LogP contribution in [0.3, 0.4) is 0 Å². The standard InChI is InChI=1S/C32H35N5O2/c1-2-37(23-13-7-4-8-14-23)31-33-20-19-30(36-31)39-29-18-17-27(24-15-9-10-16-25(24)29)34-32(38)35-28-21-26(28)22-11-5-3-6-12-22/h4,7-10,13-20,22,26,28H,2-3,5-6,11-12,21H2,1H3,(H2,34,35,38). The van der Waals surface area contributed by atoms with Crippen LogP contribution in [-0.4, -0.2) is 28.6 Å². The van der Waals surface area contributed by atoms with Crippen molar-refractivity contribution in [1.29, 1.82) is 0 Å². The number of carbonyl (C=O) groups is 1. The molecule has 2 aliphatic rings. The molecule has 39 heavy (non-hydrogen) atoms. The van der Waals surface area contributed by atoms with Crippen LogP contribution in [0.25, 0.3) is 10.8 Å². The summed E-state index contributed by atoms with van der Waals surface area (Å²) in [6.07, 6.45) is 9.47. The smallest absolute Gasteiger partial charge is 0.319 e. The minimum Gasteiger partial charge on any atom is -0.438 e. The van der Waals surface area contributed by atoms with Gasteiger partial charge in [-0.05, 0) is 49.4 Å². The zero-order valence-corrected chi connectivity index (χ0v) is 22.3. The summed E-state index contributed by atoms with van der Waals surface area (Å²) in [7, 11) is 0. The van der Waals surface area contributed by atoms with Crippen LogP contribution in [0.2, 0.25) is 0 Å². The Kier molecular flexibility index (Phi) is 7.30. The van der Waals surface area contributed by atoms with Gasteiger partial charge >= 0.3 is 6.03 Å². The number of urea groups is 1. The second-order valence-corrected chi connectivity index (χ2v) is 10.5. The molecule has 4 aromatic rings. The molecule has 2 saturated carbocycles. The van der Waals surface area contributed by atoms with Gasteiger partial charge in [-0.25, -0.2) is 9.78 Å². The molecular formula is C32H35N5O2. The SMILES string of the molecule is CCN(c1ccccc1)c1nccc(Oc2ccc(NC(=O)NC3CC3C3CCCCC3)c3ccccc23)n1. The lowest BCUT2D eigenvalue weighted by Crippen LogP contribution is -2.32. The number of nitrogens with zero attached hydrogens (tertiary/aromatic N) is 3. The number of rotatable bonds is 8. The van der Waals surface area contributed by atoms with Crippen LogP contribution in [0.5, 0.6) is 11.6 Å². The van der Waals surface area contributed by atoms with Crippen molar-refractivity contribution in [3.8, 4) is 11.6 Å². The van der Waals surface area contributed by atoms with E-state index in [1.807, 2.05) is 71.6 Å². The van der Waals surface area contributed by atoms with Crippen molar-refractivity contribution in [3.63, 3.8) is 0 Å². The fourth-order valence-corrected chi connectivity index (χ4v) is 5.94. The highest BCUT2D eigenvalue weighted by Crippen LogP contribution is 2.44. The van der Waals surface area contributed by atoms with E-state index >= 15 is 0 Å². The van der Waals surface area contributed by atoms with E-state index in [1.54, 1.807) is 12.3 Å². The van der Waals surface area contributed by atoms with Crippen molar-refractivity contribution >= 4 is 34.1 Å². The first-order valence-electron chi connectivity index (χ1n) is 14.1. The van der Waals surface area contributed by atoms with Gasteiger partial charge in [0.2, 0.25) is 11.8 Å². The van der Waals surface area contributed by atoms with E-state index in [-0.39, 0.29) is 6.03 Å². The summed E-state index contributed by atoms with van der Waals surface area (Å²) in [6.45, 7) is 2.79. The first-order valence-corrected chi connectivity index (χ1v) is 14.1. The van der Waals surface area contributed by atoms with Crippen LogP contribution in [0.4, 0.5) is 22.1 Å². The molecule has 3 aromatic carbocycles. The molecule has 2 unspecified atom stereocenters. The Morgan fingerprint density at radius 3 is 2.51 bits per heavy atom. The molecule has 7 nitrogen and oxygen atoms in total. The van der Waals surface area contributed by atoms with Gasteiger partial charge in [0.1, 0.15) is 5.75 Å². The van der Waals surface area contributed by atoms with E-state index in [9.17, 15) is 4.79 Å². The lowest BCUT2D eigenvalue weighted by molar-refractivity contribution is 0.249. The molecular weight excluding hydrogens is 486 g/mol. The lowest BCUT2D eigenvalue weighted by atomic mass is 9.85. The first kappa shape index (κ1) is 25.2. The molecule has 2 N–H and O–H groups in total. The zero-order chi connectivity index (χ0) is 26.6. The highest BCUT2D eigenvalue weighted by Gasteiger charge is 2.43. The van der Waals surface area contributed by atoms with Crippen molar-refractivity contribution in [2.75, 3.05) is 16.8 Å². The molecule has 0 radical (unpaired) electrons. The Balaban J connectivity index is 1.17. The molecule has 7 heteroatoms. The fraction of sp³-hybridized carbons (Fsp3) is 0.344. The monoisotopic (exact) mass is 521 g/mol. The number of carbonyl (C=O) groups excluding carboxylic acids is 1. The van der Waals surface area contributed by atoms with Crippen molar-refractivity contribution < 1.29 is 9.53 Å². The number of para-hydroxylation sites is 1. The highest BCUT2D eigenvalue weighted by atomic mass is 16.5. The summed E-state index contributed by atoms with van der Waals surface area (Å²) in [5, 5.41) is 8.10. The largest absolute Gasteiger partial charge is 0.438 e. The summed E-state index contributed by atoms with van der Waals surface area (Å²) in [6, 6.07) is 23.7. The molecule has 0 spiro atoms. The van der Waals surface area contributed by atoms with Gasteiger partial charge in [-0.1, -0.05) is 74.6 Å². The zero-order valence-electron chi connectivity index (χ0n) is 22.3. The van der Waals surface area contributed by atoms with Crippen molar-refractivity contribution in [2.45, 2.75) is 51.5 Å². The van der Waals surface area contributed by atoms with E-state index in [4.69, 9.17) is 9.72 Å². The molecule has 2 aliphatic carbocycles. The molecule has 0 aliphatic heterocycles. The number of hydrogen-bond acceptors (Lipinski definition) is 5. The van der Waals surface area contributed by atoms with Gasteiger partial charge < -0.3 is 20.3 Å². The van der Waals surface area contributed by atoms with E-state index in [0.29, 0.717) is 29.5 Å². The fourth-order valence-electron chi connectivity index (χ4n) is 5.94. The van der Waals surface area contributed by atoms with Gasteiger partial charge in [0.15, 0.2) is 0 Å². The van der Waals surface area contributed by atoms with E-state index in [0.717, 1.165) is 41.0 Å². The van der Waals surface area contributed by atoms with Crippen LogP contribution < -0.4 is 20.3 Å². The average molecular weight is 522 g/mol. The van der Waals surface area contributed by atoms with Gasteiger partial charge in [-0.3, -0.25) is 0 Å². The lowest BCUT2D eigenvalue weighted by Gasteiger charge is -2.21. The Morgan fingerprint density at radius 2 is 1.72 bits per heavy atom. The number of hydrogen-bond donors (Lipinski definition) is 2. The normalized spacial score (nSPS) is 18.9.